The van der Waals surface area contributed by atoms with Gasteiger partial charge in [0.25, 0.3) is 0 Å². The van der Waals surface area contributed by atoms with Gasteiger partial charge in [-0.25, -0.2) is 4.68 Å². The second kappa shape index (κ2) is 7.59. The number of benzene rings is 1. The lowest BCUT2D eigenvalue weighted by Gasteiger charge is -2.34. The van der Waals surface area contributed by atoms with Crippen molar-refractivity contribution >= 4 is 11.7 Å². The van der Waals surface area contributed by atoms with E-state index in [2.05, 4.69) is 15.3 Å². The summed E-state index contributed by atoms with van der Waals surface area (Å²) in [5.74, 6) is 0.698. The van der Waals surface area contributed by atoms with E-state index in [4.69, 9.17) is 4.74 Å². The van der Waals surface area contributed by atoms with Crippen LogP contribution < -0.4 is 5.32 Å². The molecule has 2 atom stereocenters. The number of aromatic nitrogens is 2. The number of carbonyl (C=O) groups is 1. The third-order valence-electron chi connectivity index (χ3n) is 4.02. The number of amides is 1. The summed E-state index contributed by atoms with van der Waals surface area (Å²) in [7, 11) is 0. The molecule has 2 aromatic rings. The number of carbonyl (C=O) groups excluding carboxylic acids is 1. The Kier molecular flexibility index (Phi) is 5.27. The van der Waals surface area contributed by atoms with E-state index in [1.165, 1.54) is 0 Å². The molecule has 1 aliphatic rings. The zero-order valence-electron chi connectivity index (χ0n) is 14.2. The van der Waals surface area contributed by atoms with Crippen LogP contribution in [0.5, 0.6) is 0 Å². The van der Waals surface area contributed by atoms with Gasteiger partial charge in [-0.2, -0.15) is 5.10 Å². The molecule has 0 saturated carbocycles. The van der Waals surface area contributed by atoms with Crippen molar-refractivity contribution in [2.75, 3.05) is 25.0 Å². The molecule has 1 N–H and O–H groups in total. The van der Waals surface area contributed by atoms with E-state index in [-0.39, 0.29) is 18.1 Å². The van der Waals surface area contributed by atoms with Gasteiger partial charge in [0, 0.05) is 19.2 Å². The molecule has 128 valence electrons. The third-order valence-corrected chi connectivity index (χ3v) is 4.02. The number of hydrogen-bond acceptors (Lipinski definition) is 4. The molecule has 1 amide bonds. The Balaban J connectivity index is 1.58. The minimum atomic E-state index is -0.0221. The van der Waals surface area contributed by atoms with Crippen molar-refractivity contribution in [3.05, 3.63) is 48.2 Å². The summed E-state index contributed by atoms with van der Waals surface area (Å²) < 4.78 is 7.51. The first-order chi connectivity index (χ1) is 11.6. The fraction of sp³-hybridized carbons (Fsp3) is 0.444. The van der Waals surface area contributed by atoms with Crippen LogP contribution in [0.2, 0.25) is 0 Å². The Bertz CT molecular complexity index is 661. The van der Waals surface area contributed by atoms with E-state index in [1.54, 1.807) is 10.9 Å². The number of rotatable bonds is 5. The Morgan fingerprint density at radius 3 is 2.62 bits per heavy atom. The summed E-state index contributed by atoms with van der Waals surface area (Å²) in [4.78, 5) is 14.5. The highest BCUT2D eigenvalue weighted by molar-refractivity contribution is 5.91. The molecule has 0 radical (unpaired) electrons. The van der Waals surface area contributed by atoms with Gasteiger partial charge >= 0.3 is 0 Å². The highest BCUT2D eigenvalue weighted by Crippen LogP contribution is 2.12. The molecule has 2 heterocycles. The lowest BCUT2D eigenvalue weighted by Crippen LogP contribution is -2.48. The molecule has 0 spiro atoms. The van der Waals surface area contributed by atoms with Gasteiger partial charge in [-0.15, -0.1) is 0 Å². The summed E-state index contributed by atoms with van der Waals surface area (Å²) in [5, 5.41) is 7.27. The number of hydrogen-bond donors (Lipinski definition) is 1. The monoisotopic (exact) mass is 328 g/mol. The predicted molar refractivity (Wildman–Crippen MR) is 92.8 cm³/mol. The molecule has 1 saturated heterocycles. The Labute approximate surface area is 142 Å². The lowest BCUT2D eigenvalue weighted by atomic mass is 10.2. The molecule has 1 fully saturated rings. The van der Waals surface area contributed by atoms with Crippen molar-refractivity contribution in [1.29, 1.82) is 0 Å². The highest BCUT2D eigenvalue weighted by atomic mass is 16.5. The van der Waals surface area contributed by atoms with Gasteiger partial charge in [0.1, 0.15) is 5.82 Å². The normalized spacial score (nSPS) is 21.6. The van der Waals surface area contributed by atoms with E-state index in [1.807, 2.05) is 50.2 Å². The van der Waals surface area contributed by atoms with Crippen molar-refractivity contribution < 1.29 is 9.53 Å². The van der Waals surface area contributed by atoms with Gasteiger partial charge in [-0.1, -0.05) is 30.3 Å². The molecule has 3 rings (SSSR count). The number of nitrogens with zero attached hydrogens (tertiary/aromatic N) is 3. The summed E-state index contributed by atoms with van der Waals surface area (Å²) in [6.07, 6.45) is 2.02. The minimum Gasteiger partial charge on any atom is -0.373 e. The van der Waals surface area contributed by atoms with Gasteiger partial charge in [-0.3, -0.25) is 9.69 Å². The maximum Gasteiger partial charge on any atom is 0.239 e. The molecule has 1 aromatic carbocycles. The van der Waals surface area contributed by atoms with Crippen LogP contribution in [0, 0.1) is 0 Å². The maximum absolute atomic E-state index is 12.4. The van der Waals surface area contributed by atoms with Crippen LogP contribution in [0.4, 0.5) is 5.82 Å². The van der Waals surface area contributed by atoms with E-state index < -0.39 is 0 Å². The smallest absolute Gasteiger partial charge is 0.239 e. The molecule has 6 nitrogen and oxygen atoms in total. The molecule has 0 aliphatic carbocycles. The molecule has 24 heavy (non-hydrogen) atoms. The van der Waals surface area contributed by atoms with Crippen LogP contribution in [0.15, 0.2) is 42.6 Å². The van der Waals surface area contributed by atoms with E-state index in [0.29, 0.717) is 13.1 Å². The van der Waals surface area contributed by atoms with Crippen molar-refractivity contribution in [2.24, 2.45) is 0 Å². The van der Waals surface area contributed by atoms with Crippen LogP contribution in [-0.4, -0.2) is 52.4 Å². The van der Waals surface area contributed by atoms with Crippen LogP contribution >= 0.6 is 0 Å². The first-order valence-electron chi connectivity index (χ1n) is 8.33. The van der Waals surface area contributed by atoms with Crippen molar-refractivity contribution in [3.8, 4) is 0 Å². The average Bonchev–Trinajstić information content (AvgIpc) is 2.94. The first-order valence-corrected chi connectivity index (χ1v) is 8.33. The van der Waals surface area contributed by atoms with Crippen molar-refractivity contribution in [1.82, 2.24) is 14.7 Å². The molecular weight excluding hydrogens is 304 g/mol. The molecule has 6 heteroatoms. The molecule has 1 aromatic heterocycles. The van der Waals surface area contributed by atoms with Crippen LogP contribution in [0.3, 0.4) is 0 Å². The number of morpholine rings is 1. The summed E-state index contributed by atoms with van der Waals surface area (Å²) in [6, 6.07) is 11.9. The average molecular weight is 328 g/mol. The SMILES string of the molecule is CC1CN(CC(=O)Nc2ccnn2Cc2ccccc2)CC(C)O1. The van der Waals surface area contributed by atoms with Crippen molar-refractivity contribution in [2.45, 2.75) is 32.6 Å². The fourth-order valence-corrected chi connectivity index (χ4v) is 3.12. The standard InChI is InChI=1S/C18H24N4O2/c1-14-10-21(11-15(2)24-14)13-18(23)20-17-8-9-19-22(17)12-16-6-4-3-5-7-16/h3-9,14-15H,10-13H2,1-2H3,(H,20,23). The van der Waals surface area contributed by atoms with Gasteiger partial charge < -0.3 is 10.1 Å². The van der Waals surface area contributed by atoms with Crippen LogP contribution in [0.1, 0.15) is 19.4 Å². The molecule has 1 aliphatic heterocycles. The summed E-state index contributed by atoms with van der Waals surface area (Å²) in [6.45, 7) is 6.64. The Hall–Kier alpha value is -2.18. The zero-order valence-corrected chi connectivity index (χ0v) is 14.2. The molecule has 2 unspecified atom stereocenters. The predicted octanol–water partition coefficient (Wildman–Crippen LogP) is 1.98. The van der Waals surface area contributed by atoms with Gasteiger partial charge in [0.2, 0.25) is 5.91 Å². The Morgan fingerprint density at radius 1 is 1.21 bits per heavy atom. The number of anilines is 1. The van der Waals surface area contributed by atoms with Crippen LogP contribution in [-0.2, 0) is 16.1 Å². The Morgan fingerprint density at radius 2 is 1.92 bits per heavy atom. The quantitative estimate of drug-likeness (QED) is 0.912. The summed E-state index contributed by atoms with van der Waals surface area (Å²) in [5.41, 5.74) is 1.15. The fourth-order valence-electron chi connectivity index (χ4n) is 3.12. The van der Waals surface area contributed by atoms with Gasteiger partial charge in [0.05, 0.1) is 31.5 Å². The van der Waals surface area contributed by atoms with E-state index in [0.717, 1.165) is 24.5 Å². The summed E-state index contributed by atoms with van der Waals surface area (Å²) >= 11 is 0. The first kappa shape index (κ1) is 16.7. The van der Waals surface area contributed by atoms with Gasteiger partial charge in [0.15, 0.2) is 0 Å². The minimum absolute atomic E-state index is 0.0221. The largest absolute Gasteiger partial charge is 0.373 e. The lowest BCUT2D eigenvalue weighted by molar-refractivity contribution is -0.121. The number of nitrogens with one attached hydrogen (secondary N) is 1. The third kappa shape index (κ3) is 4.43. The highest BCUT2D eigenvalue weighted by Gasteiger charge is 2.23. The zero-order chi connectivity index (χ0) is 16.9. The number of ether oxygens (including phenoxy) is 1. The topological polar surface area (TPSA) is 59.4 Å². The second-order valence-electron chi connectivity index (χ2n) is 6.36. The van der Waals surface area contributed by atoms with E-state index >= 15 is 0 Å². The van der Waals surface area contributed by atoms with E-state index in [9.17, 15) is 4.79 Å². The molecule has 0 bridgehead atoms. The molecular formula is C18H24N4O2. The van der Waals surface area contributed by atoms with Crippen molar-refractivity contribution in [3.63, 3.8) is 0 Å². The van der Waals surface area contributed by atoms with Crippen LogP contribution in [0.25, 0.3) is 0 Å². The van der Waals surface area contributed by atoms with Gasteiger partial charge in [-0.05, 0) is 19.4 Å². The maximum atomic E-state index is 12.4. The second-order valence-corrected chi connectivity index (χ2v) is 6.36.